The quantitative estimate of drug-likeness (QED) is 0.889. The second kappa shape index (κ2) is 5.09. The van der Waals surface area contributed by atoms with Gasteiger partial charge in [-0.15, -0.1) is 0 Å². The lowest BCUT2D eigenvalue weighted by atomic mass is 9.96. The van der Waals surface area contributed by atoms with Crippen molar-refractivity contribution in [3.8, 4) is 0 Å². The van der Waals surface area contributed by atoms with Crippen molar-refractivity contribution in [2.75, 3.05) is 0 Å². The Morgan fingerprint density at radius 1 is 1.30 bits per heavy atom. The van der Waals surface area contributed by atoms with Gasteiger partial charge in [-0.2, -0.15) is 0 Å². The molecule has 3 N–H and O–H groups in total. The van der Waals surface area contributed by atoms with Crippen molar-refractivity contribution in [3.05, 3.63) is 29.6 Å². The molecule has 2 bridgehead atoms. The van der Waals surface area contributed by atoms with Gasteiger partial charge >= 0.3 is 0 Å². The summed E-state index contributed by atoms with van der Waals surface area (Å²) in [6.45, 7) is 0.192. The second-order valence-corrected chi connectivity index (χ2v) is 7.55. The second-order valence-electron chi connectivity index (χ2n) is 5.87. The molecule has 3 atom stereocenters. The van der Waals surface area contributed by atoms with E-state index in [0.717, 1.165) is 19.3 Å². The number of fused-ring (bicyclic) bond motifs is 2. The van der Waals surface area contributed by atoms with E-state index < -0.39 is 15.8 Å². The Hall–Kier alpha value is -0.980. The van der Waals surface area contributed by atoms with Gasteiger partial charge in [-0.3, -0.25) is 0 Å². The summed E-state index contributed by atoms with van der Waals surface area (Å²) < 4.78 is 41.2. The minimum Gasteiger partial charge on any atom is -0.326 e. The van der Waals surface area contributed by atoms with Crippen LogP contribution in [0.3, 0.4) is 0 Å². The zero-order valence-electron chi connectivity index (χ0n) is 11.2. The maximum absolute atomic E-state index is 13.9. The smallest absolute Gasteiger partial charge is 0.243 e. The van der Waals surface area contributed by atoms with Crippen LogP contribution in [0.5, 0.6) is 0 Å². The first-order valence-electron chi connectivity index (χ1n) is 7.00. The van der Waals surface area contributed by atoms with Gasteiger partial charge in [0.15, 0.2) is 0 Å². The van der Waals surface area contributed by atoms with Gasteiger partial charge in [0, 0.05) is 12.6 Å². The highest BCUT2D eigenvalue weighted by Gasteiger charge is 2.41. The topological polar surface area (TPSA) is 72.2 Å². The van der Waals surface area contributed by atoms with Crippen molar-refractivity contribution in [1.82, 2.24) is 4.72 Å². The van der Waals surface area contributed by atoms with Crippen LogP contribution in [0, 0.1) is 17.7 Å². The number of sulfonamides is 1. The zero-order chi connectivity index (χ0) is 14.3. The van der Waals surface area contributed by atoms with E-state index in [2.05, 4.69) is 4.72 Å². The molecule has 4 nitrogen and oxygen atoms in total. The minimum absolute atomic E-state index is 0.0349. The molecule has 20 heavy (non-hydrogen) atoms. The van der Waals surface area contributed by atoms with Crippen molar-refractivity contribution in [1.29, 1.82) is 0 Å². The van der Waals surface area contributed by atoms with E-state index in [1.165, 1.54) is 18.6 Å². The van der Waals surface area contributed by atoms with Gasteiger partial charge < -0.3 is 5.73 Å². The summed E-state index contributed by atoms with van der Waals surface area (Å²) in [5.41, 5.74) is 6.00. The molecule has 6 heteroatoms. The molecule has 1 aromatic carbocycles. The van der Waals surface area contributed by atoms with E-state index in [0.29, 0.717) is 17.4 Å². The van der Waals surface area contributed by atoms with Crippen LogP contribution in [-0.2, 0) is 16.6 Å². The van der Waals surface area contributed by atoms with E-state index >= 15 is 0 Å². The number of rotatable bonds is 4. The molecular formula is C14H19FN2O2S. The molecule has 0 heterocycles. The van der Waals surface area contributed by atoms with Gasteiger partial charge in [-0.05, 0) is 48.8 Å². The average molecular weight is 298 g/mol. The largest absolute Gasteiger partial charge is 0.326 e. The van der Waals surface area contributed by atoms with Gasteiger partial charge in [0.25, 0.3) is 0 Å². The molecule has 110 valence electrons. The highest BCUT2D eigenvalue weighted by molar-refractivity contribution is 7.89. The Morgan fingerprint density at radius 2 is 2.10 bits per heavy atom. The lowest BCUT2D eigenvalue weighted by Gasteiger charge is -2.22. The van der Waals surface area contributed by atoms with Crippen molar-refractivity contribution < 1.29 is 12.8 Å². The van der Waals surface area contributed by atoms with Crippen LogP contribution in [0.25, 0.3) is 0 Å². The van der Waals surface area contributed by atoms with Crippen LogP contribution >= 0.6 is 0 Å². The summed E-state index contributed by atoms with van der Waals surface area (Å²) >= 11 is 0. The third-order valence-electron chi connectivity index (χ3n) is 4.57. The zero-order valence-corrected chi connectivity index (χ0v) is 12.0. The predicted octanol–water partition coefficient (Wildman–Crippen LogP) is 1.75. The number of benzene rings is 1. The Labute approximate surface area is 118 Å². The molecule has 2 aliphatic rings. The van der Waals surface area contributed by atoms with Crippen LogP contribution < -0.4 is 10.5 Å². The molecule has 3 unspecified atom stereocenters. The van der Waals surface area contributed by atoms with Crippen LogP contribution in [0.4, 0.5) is 4.39 Å². The highest BCUT2D eigenvalue weighted by Crippen LogP contribution is 2.44. The lowest BCUT2D eigenvalue weighted by molar-refractivity contribution is 0.389. The average Bonchev–Trinajstić information content (AvgIpc) is 2.99. The van der Waals surface area contributed by atoms with Crippen molar-refractivity contribution >= 4 is 10.0 Å². The summed E-state index contributed by atoms with van der Waals surface area (Å²) in [5, 5.41) is 0. The van der Waals surface area contributed by atoms with Crippen molar-refractivity contribution in [2.24, 2.45) is 17.6 Å². The molecule has 0 aliphatic heterocycles. The summed E-state index contributed by atoms with van der Waals surface area (Å²) in [4.78, 5) is -0.280. The SMILES string of the molecule is NCc1ccc(S(=O)(=O)NC2CC3CCC2C3)c(F)c1. The van der Waals surface area contributed by atoms with Gasteiger partial charge in [-0.1, -0.05) is 12.5 Å². The Kier molecular flexibility index (Phi) is 3.56. The fraction of sp³-hybridized carbons (Fsp3) is 0.571. The summed E-state index contributed by atoms with van der Waals surface area (Å²) in [6.07, 6.45) is 4.25. The molecule has 1 aromatic rings. The molecule has 2 saturated carbocycles. The third kappa shape index (κ3) is 2.47. The molecule has 0 aromatic heterocycles. The molecule has 2 fully saturated rings. The summed E-state index contributed by atoms with van der Waals surface area (Å²) in [5.74, 6) is 0.321. The van der Waals surface area contributed by atoms with Crippen molar-refractivity contribution in [3.63, 3.8) is 0 Å². The first kappa shape index (κ1) is 14.0. The van der Waals surface area contributed by atoms with E-state index in [1.54, 1.807) is 6.07 Å². The third-order valence-corrected chi connectivity index (χ3v) is 6.09. The number of nitrogens with one attached hydrogen (secondary N) is 1. The summed E-state index contributed by atoms with van der Waals surface area (Å²) in [7, 11) is -3.79. The molecule has 2 aliphatic carbocycles. The highest BCUT2D eigenvalue weighted by atomic mass is 32.2. The van der Waals surface area contributed by atoms with Gasteiger partial charge in [0.05, 0.1) is 0 Å². The molecule has 3 rings (SSSR count). The predicted molar refractivity (Wildman–Crippen MR) is 73.8 cm³/mol. The Bertz CT molecular complexity index is 618. The van der Waals surface area contributed by atoms with Crippen LogP contribution in [0.1, 0.15) is 31.2 Å². The van der Waals surface area contributed by atoms with Gasteiger partial charge in [-0.25, -0.2) is 17.5 Å². The van der Waals surface area contributed by atoms with Crippen LogP contribution in [0.15, 0.2) is 23.1 Å². The maximum atomic E-state index is 13.9. The van der Waals surface area contributed by atoms with E-state index in [9.17, 15) is 12.8 Å². The standard InChI is InChI=1S/C14H19FN2O2S/c15-12-6-10(8-16)2-4-14(12)20(18,19)17-13-7-9-1-3-11(13)5-9/h2,4,6,9,11,13,17H,1,3,5,7-8,16H2. The fourth-order valence-corrected chi connectivity index (χ4v) is 4.92. The Morgan fingerprint density at radius 3 is 2.65 bits per heavy atom. The number of halogens is 1. The molecule has 0 spiro atoms. The van der Waals surface area contributed by atoms with E-state index in [1.807, 2.05) is 0 Å². The minimum atomic E-state index is -3.79. The monoisotopic (exact) mass is 298 g/mol. The normalized spacial score (nSPS) is 29.0. The molecule has 0 amide bonds. The number of hydrogen-bond donors (Lipinski definition) is 2. The number of hydrogen-bond acceptors (Lipinski definition) is 3. The molecular weight excluding hydrogens is 279 g/mol. The Balaban J connectivity index is 1.81. The molecule has 0 radical (unpaired) electrons. The van der Waals surface area contributed by atoms with Gasteiger partial charge in [0.2, 0.25) is 10.0 Å². The first-order valence-corrected chi connectivity index (χ1v) is 8.49. The van der Waals surface area contributed by atoms with Crippen molar-refractivity contribution in [2.45, 2.75) is 43.2 Å². The number of nitrogens with two attached hydrogens (primary N) is 1. The van der Waals surface area contributed by atoms with Crippen LogP contribution in [0.2, 0.25) is 0 Å². The maximum Gasteiger partial charge on any atom is 0.243 e. The first-order chi connectivity index (χ1) is 9.49. The fourth-order valence-electron chi connectivity index (χ4n) is 3.54. The molecule has 0 saturated heterocycles. The van der Waals surface area contributed by atoms with E-state index in [4.69, 9.17) is 5.73 Å². The lowest BCUT2D eigenvalue weighted by Crippen LogP contribution is -2.38. The van der Waals surface area contributed by atoms with Crippen LogP contribution in [-0.4, -0.2) is 14.5 Å². The van der Waals surface area contributed by atoms with Gasteiger partial charge in [0.1, 0.15) is 10.7 Å². The van der Waals surface area contributed by atoms with E-state index in [-0.39, 0.29) is 17.5 Å². The summed E-state index contributed by atoms with van der Waals surface area (Å²) in [6, 6.07) is 4.01.